The molecule has 0 atom stereocenters. The van der Waals surface area contributed by atoms with E-state index in [-0.39, 0.29) is 0 Å². The van der Waals surface area contributed by atoms with Gasteiger partial charge in [0, 0.05) is 20.6 Å². The number of nitrogens with zero attached hydrogens (tertiary/aromatic N) is 4. The van der Waals surface area contributed by atoms with Crippen molar-refractivity contribution in [3.63, 3.8) is 0 Å². The van der Waals surface area contributed by atoms with E-state index in [0.29, 0.717) is 5.15 Å². The van der Waals surface area contributed by atoms with E-state index in [4.69, 9.17) is 11.6 Å². The summed E-state index contributed by atoms with van der Waals surface area (Å²) in [7, 11) is 3.70. The summed E-state index contributed by atoms with van der Waals surface area (Å²) in [4.78, 5) is 0. The average molecular weight is 201 g/mol. The van der Waals surface area contributed by atoms with Crippen LogP contribution in [-0.4, -0.2) is 34.6 Å². The third kappa shape index (κ3) is 2.45. The highest BCUT2D eigenvalue weighted by Gasteiger charge is 2.01. The smallest absolute Gasteiger partial charge is 0.135 e. The zero-order chi connectivity index (χ0) is 9.84. The molecule has 0 spiro atoms. The lowest BCUT2D eigenvalue weighted by Crippen LogP contribution is -2.09. The van der Waals surface area contributed by atoms with E-state index in [1.807, 2.05) is 19.0 Å². The van der Waals surface area contributed by atoms with Gasteiger partial charge in [-0.15, -0.1) is 0 Å². The van der Waals surface area contributed by atoms with E-state index >= 15 is 0 Å². The van der Waals surface area contributed by atoms with Crippen molar-refractivity contribution in [3.05, 3.63) is 16.9 Å². The van der Waals surface area contributed by atoms with Crippen LogP contribution in [0.3, 0.4) is 0 Å². The maximum Gasteiger partial charge on any atom is 0.135 e. The highest BCUT2D eigenvalue weighted by atomic mass is 35.5. The van der Waals surface area contributed by atoms with Gasteiger partial charge in [-0.3, -0.25) is 4.68 Å². The molecule has 5 heteroatoms. The molecular weight excluding hydrogens is 188 g/mol. The Balaban J connectivity index is 2.74. The molecule has 1 rings (SSSR count). The molecule has 4 nitrogen and oxygen atoms in total. The Morgan fingerprint density at radius 3 is 2.92 bits per heavy atom. The topological polar surface area (TPSA) is 33.4 Å². The van der Waals surface area contributed by atoms with Gasteiger partial charge in [0.1, 0.15) is 5.15 Å². The lowest BCUT2D eigenvalue weighted by Gasteiger charge is -2.07. The zero-order valence-corrected chi connectivity index (χ0v) is 8.78. The van der Waals surface area contributed by atoms with Crippen molar-refractivity contribution in [1.29, 1.82) is 0 Å². The van der Waals surface area contributed by atoms with Gasteiger partial charge in [-0.1, -0.05) is 11.6 Å². The first-order valence-electron chi connectivity index (χ1n) is 4.07. The fourth-order valence-electron chi connectivity index (χ4n) is 0.769. The van der Waals surface area contributed by atoms with Gasteiger partial charge in [-0.2, -0.15) is 10.2 Å². The second kappa shape index (κ2) is 4.28. The molecule has 0 saturated carbocycles. The van der Waals surface area contributed by atoms with Gasteiger partial charge in [0.2, 0.25) is 0 Å². The van der Waals surface area contributed by atoms with Gasteiger partial charge < -0.3 is 5.01 Å². The molecule has 0 N–H and O–H groups in total. The normalized spacial score (nSPS) is 11.1. The van der Waals surface area contributed by atoms with Crippen molar-refractivity contribution in [1.82, 2.24) is 14.8 Å². The summed E-state index contributed by atoms with van der Waals surface area (Å²) in [5.74, 6) is 0. The monoisotopic (exact) mass is 200 g/mol. The molecule has 0 fully saturated rings. The van der Waals surface area contributed by atoms with Crippen molar-refractivity contribution < 1.29 is 0 Å². The van der Waals surface area contributed by atoms with E-state index in [9.17, 15) is 0 Å². The van der Waals surface area contributed by atoms with Crippen LogP contribution in [0.4, 0.5) is 0 Å². The quantitative estimate of drug-likeness (QED) is 0.545. The molecule has 0 aliphatic heterocycles. The molecule has 1 aromatic rings. The fraction of sp³-hybridized carbons (Fsp3) is 0.500. The molecule has 0 aliphatic rings. The van der Waals surface area contributed by atoms with Crippen molar-refractivity contribution >= 4 is 17.8 Å². The number of halogens is 1. The van der Waals surface area contributed by atoms with Gasteiger partial charge in [-0.25, -0.2) is 0 Å². The largest absolute Gasteiger partial charge is 0.300 e. The van der Waals surface area contributed by atoms with Crippen LogP contribution in [-0.2, 0) is 7.05 Å². The minimum Gasteiger partial charge on any atom is -0.300 e. The minimum absolute atomic E-state index is 0.605. The summed E-state index contributed by atoms with van der Waals surface area (Å²) in [5, 5.41) is 10.6. The summed E-state index contributed by atoms with van der Waals surface area (Å²) < 4.78 is 1.61. The van der Waals surface area contributed by atoms with E-state index in [2.05, 4.69) is 10.2 Å². The number of hydrogen-bond donors (Lipinski definition) is 0. The maximum absolute atomic E-state index is 5.93. The summed E-state index contributed by atoms with van der Waals surface area (Å²) in [6.07, 6.45) is 3.40. The summed E-state index contributed by atoms with van der Waals surface area (Å²) >= 11 is 5.93. The van der Waals surface area contributed by atoms with Crippen LogP contribution in [0.2, 0.25) is 5.15 Å². The third-order valence-electron chi connectivity index (χ3n) is 1.74. The Hall–Kier alpha value is -1.03. The van der Waals surface area contributed by atoms with Gasteiger partial charge in [0.25, 0.3) is 0 Å². The molecule has 0 saturated heterocycles. The molecule has 0 amide bonds. The molecule has 0 unspecified atom stereocenters. The summed E-state index contributed by atoms with van der Waals surface area (Å²) in [5.41, 5.74) is 0.837. The van der Waals surface area contributed by atoms with E-state index in [1.165, 1.54) is 0 Å². The predicted molar refractivity (Wildman–Crippen MR) is 54.1 cm³/mol. The van der Waals surface area contributed by atoms with Crippen LogP contribution in [0.25, 0.3) is 0 Å². The third-order valence-corrected chi connectivity index (χ3v) is 2.21. The van der Waals surface area contributed by atoms with Crippen LogP contribution < -0.4 is 0 Å². The number of hydrazone groups is 1. The Bertz CT molecular complexity index is 305. The zero-order valence-electron chi connectivity index (χ0n) is 8.03. The molecule has 0 aromatic carbocycles. The maximum atomic E-state index is 5.93. The Morgan fingerprint density at radius 1 is 1.77 bits per heavy atom. The van der Waals surface area contributed by atoms with Gasteiger partial charge in [0.05, 0.1) is 18.0 Å². The molecule has 72 valence electrons. The first-order valence-corrected chi connectivity index (χ1v) is 4.45. The molecule has 0 aliphatic carbocycles. The minimum atomic E-state index is 0.605. The molecule has 1 heterocycles. The van der Waals surface area contributed by atoms with Crippen LogP contribution in [0.1, 0.15) is 12.5 Å². The van der Waals surface area contributed by atoms with Gasteiger partial charge >= 0.3 is 0 Å². The van der Waals surface area contributed by atoms with Gasteiger partial charge in [-0.05, 0) is 6.92 Å². The Labute approximate surface area is 82.8 Å². The highest BCUT2D eigenvalue weighted by Crippen LogP contribution is 2.11. The second-order valence-electron chi connectivity index (χ2n) is 2.73. The van der Waals surface area contributed by atoms with E-state index in [0.717, 1.165) is 12.1 Å². The van der Waals surface area contributed by atoms with Crippen LogP contribution in [0.15, 0.2) is 11.3 Å². The highest BCUT2D eigenvalue weighted by molar-refractivity contribution is 6.32. The van der Waals surface area contributed by atoms with Crippen LogP contribution in [0.5, 0.6) is 0 Å². The molecule has 0 bridgehead atoms. The molecular formula is C8H13ClN4. The van der Waals surface area contributed by atoms with Crippen molar-refractivity contribution in [2.24, 2.45) is 12.1 Å². The first-order chi connectivity index (χ1) is 6.15. The van der Waals surface area contributed by atoms with Crippen molar-refractivity contribution in [3.8, 4) is 0 Å². The lowest BCUT2D eigenvalue weighted by molar-refractivity contribution is 0.377. The van der Waals surface area contributed by atoms with Crippen molar-refractivity contribution in [2.45, 2.75) is 6.92 Å². The number of hydrogen-bond acceptors (Lipinski definition) is 3. The van der Waals surface area contributed by atoms with E-state index in [1.54, 1.807) is 24.1 Å². The average Bonchev–Trinajstić information content (AvgIpc) is 2.44. The van der Waals surface area contributed by atoms with E-state index < -0.39 is 0 Å². The lowest BCUT2D eigenvalue weighted by atomic mass is 10.4. The van der Waals surface area contributed by atoms with Crippen LogP contribution >= 0.6 is 11.6 Å². The predicted octanol–water partition coefficient (Wildman–Crippen LogP) is 1.36. The van der Waals surface area contributed by atoms with Crippen molar-refractivity contribution in [2.75, 3.05) is 13.6 Å². The summed E-state index contributed by atoms with van der Waals surface area (Å²) in [6.45, 7) is 2.90. The molecule has 1 aromatic heterocycles. The summed E-state index contributed by atoms with van der Waals surface area (Å²) in [6, 6.07) is 0. The van der Waals surface area contributed by atoms with Gasteiger partial charge in [0.15, 0.2) is 0 Å². The standard InChI is InChI=1S/C8H13ClN4/c1-4-12(2)10-5-7-6-11-13(3)8(7)9/h5-6H,4H2,1-3H3/b10-5+. The number of aryl methyl sites for hydroxylation is 1. The number of rotatable bonds is 3. The second-order valence-corrected chi connectivity index (χ2v) is 3.09. The molecule has 0 radical (unpaired) electrons. The SMILES string of the molecule is CCN(C)/N=C/c1cnn(C)c1Cl. The number of aromatic nitrogens is 2. The Kier molecular flexibility index (Phi) is 3.31. The Morgan fingerprint density at radius 2 is 2.46 bits per heavy atom. The molecule has 13 heavy (non-hydrogen) atoms. The van der Waals surface area contributed by atoms with Crippen LogP contribution in [0, 0.1) is 0 Å². The fourth-order valence-corrected chi connectivity index (χ4v) is 0.910. The first kappa shape index (κ1) is 10.1.